The average molecular weight is 205 g/mol. The van der Waals surface area contributed by atoms with Crippen LogP contribution in [-0.2, 0) is 0 Å². The summed E-state index contributed by atoms with van der Waals surface area (Å²) < 4.78 is 0. The Bertz CT molecular complexity index is 333. The molecule has 0 radical (unpaired) electrons. The van der Waals surface area contributed by atoms with E-state index in [0.29, 0.717) is 0 Å². The highest BCUT2D eigenvalue weighted by atomic mass is 15.2. The van der Waals surface area contributed by atoms with Crippen LogP contribution in [0.4, 0.5) is 0 Å². The summed E-state index contributed by atoms with van der Waals surface area (Å²) in [6.45, 7) is 8.15. The van der Waals surface area contributed by atoms with Crippen molar-refractivity contribution >= 4 is 0 Å². The van der Waals surface area contributed by atoms with Gasteiger partial charge in [0.1, 0.15) is 0 Å². The van der Waals surface area contributed by atoms with Crippen molar-refractivity contribution in [2.45, 2.75) is 32.7 Å². The minimum atomic E-state index is 0.139. The predicted octanol–water partition coefficient (Wildman–Crippen LogP) is 2.25. The first-order valence-electron chi connectivity index (χ1n) is 5.22. The van der Waals surface area contributed by atoms with Crippen molar-refractivity contribution in [3.05, 3.63) is 41.7 Å². The molecule has 0 aliphatic carbocycles. The van der Waals surface area contributed by atoms with E-state index in [1.54, 1.807) is 6.20 Å². The molecule has 3 nitrogen and oxygen atoms in total. The van der Waals surface area contributed by atoms with Crippen LogP contribution >= 0.6 is 0 Å². The molecule has 0 aromatic carbocycles. The number of hydrogen-bond donors (Lipinski definition) is 2. The van der Waals surface area contributed by atoms with Crippen LogP contribution in [0.2, 0.25) is 0 Å². The minimum Gasteiger partial charge on any atom is -0.271 e. The number of nitrogens with two attached hydrogens (primary N) is 1. The Morgan fingerprint density at radius 3 is 2.93 bits per heavy atom. The summed E-state index contributed by atoms with van der Waals surface area (Å²) in [5, 5.41) is 0. The van der Waals surface area contributed by atoms with E-state index in [9.17, 15) is 0 Å². The van der Waals surface area contributed by atoms with Gasteiger partial charge in [-0.05, 0) is 37.0 Å². The fourth-order valence-electron chi connectivity index (χ4n) is 1.57. The molecule has 1 aromatic heterocycles. The Morgan fingerprint density at radius 2 is 2.40 bits per heavy atom. The maximum atomic E-state index is 5.57. The van der Waals surface area contributed by atoms with Gasteiger partial charge in [-0.25, -0.2) is 0 Å². The molecule has 82 valence electrons. The molecule has 3 N–H and O–H groups in total. The van der Waals surface area contributed by atoms with Gasteiger partial charge in [0.05, 0.1) is 6.04 Å². The highest BCUT2D eigenvalue weighted by molar-refractivity contribution is 5.26. The zero-order valence-electron chi connectivity index (χ0n) is 9.46. The first kappa shape index (κ1) is 11.9. The van der Waals surface area contributed by atoms with Crippen molar-refractivity contribution in [1.29, 1.82) is 0 Å². The summed E-state index contributed by atoms with van der Waals surface area (Å²) in [5.74, 6) is 5.57. The first-order valence-corrected chi connectivity index (χ1v) is 5.22. The molecule has 1 heterocycles. The second kappa shape index (κ2) is 5.63. The van der Waals surface area contributed by atoms with Crippen LogP contribution in [-0.4, -0.2) is 4.98 Å². The van der Waals surface area contributed by atoms with Gasteiger partial charge in [0.25, 0.3) is 0 Å². The maximum Gasteiger partial charge on any atom is 0.0500 e. The van der Waals surface area contributed by atoms with Crippen LogP contribution < -0.4 is 11.3 Å². The molecule has 0 bridgehead atoms. The number of aromatic nitrogens is 1. The molecule has 0 aliphatic heterocycles. The predicted molar refractivity (Wildman–Crippen MR) is 63.1 cm³/mol. The molecular formula is C12H19N3. The number of hydrazine groups is 1. The van der Waals surface area contributed by atoms with Gasteiger partial charge in [-0.1, -0.05) is 19.1 Å². The molecule has 1 atom stereocenters. The molecule has 15 heavy (non-hydrogen) atoms. The van der Waals surface area contributed by atoms with E-state index in [4.69, 9.17) is 5.84 Å². The van der Waals surface area contributed by atoms with E-state index in [-0.39, 0.29) is 6.04 Å². The topological polar surface area (TPSA) is 50.9 Å². The van der Waals surface area contributed by atoms with Gasteiger partial charge in [0.15, 0.2) is 0 Å². The molecule has 1 rings (SSSR count). The lowest BCUT2D eigenvalue weighted by Crippen LogP contribution is -2.28. The first-order chi connectivity index (χ1) is 7.19. The molecule has 0 spiro atoms. The Kier molecular flexibility index (Phi) is 4.46. The van der Waals surface area contributed by atoms with Gasteiger partial charge in [0, 0.05) is 12.4 Å². The molecule has 3 heteroatoms. The van der Waals surface area contributed by atoms with E-state index in [1.165, 1.54) is 11.1 Å². The number of hydrogen-bond acceptors (Lipinski definition) is 3. The molecule has 1 aromatic rings. The van der Waals surface area contributed by atoms with Crippen LogP contribution in [0.15, 0.2) is 30.6 Å². The highest BCUT2D eigenvalue weighted by Gasteiger charge is 2.12. The molecule has 0 amide bonds. The van der Waals surface area contributed by atoms with Crippen molar-refractivity contribution in [2.75, 3.05) is 0 Å². The lowest BCUT2D eigenvalue weighted by atomic mass is 9.97. The minimum absolute atomic E-state index is 0.139. The zero-order chi connectivity index (χ0) is 11.3. The van der Waals surface area contributed by atoms with Crippen molar-refractivity contribution in [1.82, 2.24) is 10.4 Å². The van der Waals surface area contributed by atoms with Crippen LogP contribution in [0.1, 0.15) is 36.9 Å². The molecule has 0 aliphatic rings. The lowest BCUT2D eigenvalue weighted by molar-refractivity contribution is 0.542. The van der Waals surface area contributed by atoms with E-state index >= 15 is 0 Å². The van der Waals surface area contributed by atoms with E-state index in [2.05, 4.69) is 23.9 Å². The smallest absolute Gasteiger partial charge is 0.0500 e. The normalized spacial score (nSPS) is 12.5. The van der Waals surface area contributed by atoms with Crippen LogP contribution in [0.5, 0.6) is 0 Å². The van der Waals surface area contributed by atoms with Crippen LogP contribution in [0, 0.1) is 6.92 Å². The number of rotatable bonds is 5. The molecular weight excluding hydrogens is 186 g/mol. The fourth-order valence-corrected chi connectivity index (χ4v) is 1.57. The third-order valence-corrected chi connectivity index (χ3v) is 2.63. The molecule has 0 fully saturated rings. The summed E-state index contributed by atoms with van der Waals surface area (Å²) in [6.07, 6.45) is 5.51. The number of aryl methyl sites for hydroxylation is 1. The second-order valence-electron chi connectivity index (χ2n) is 3.76. The maximum absolute atomic E-state index is 5.57. The number of nitrogens with one attached hydrogen (secondary N) is 1. The van der Waals surface area contributed by atoms with E-state index in [1.807, 2.05) is 19.2 Å². The monoisotopic (exact) mass is 205 g/mol. The lowest BCUT2D eigenvalue weighted by Gasteiger charge is -2.18. The Hall–Kier alpha value is -1.19. The summed E-state index contributed by atoms with van der Waals surface area (Å²) in [6, 6.07) is 2.14. The molecule has 1 unspecified atom stereocenters. The van der Waals surface area contributed by atoms with Gasteiger partial charge in [-0.2, -0.15) is 0 Å². The largest absolute Gasteiger partial charge is 0.271 e. The van der Waals surface area contributed by atoms with Crippen molar-refractivity contribution < 1.29 is 0 Å². The Labute approximate surface area is 91.4 Å². The van der Waals surface area contributed by atoms with Crippen molar-refractivity contribution in [2.24, 2.45) is 5.84 Å². The number of nitrogens with zero attached hydrogens (tertiary/aromatic N) is 1. The van der Waals surface area contributed by atoms with E-state index in [0.717, 1.165) is 18.4 Å². The van der Waals surface area contributed by atoms with E-state index < -0.39 is 0 Å². The average Bonchev–Trinajstić information content (AvgIpc) is 2.26. The van der Waals surface area contributed by atoms with Gasteiger partial charge in [-0.3, -0.25) is 16.3 Å². The Morgan fingerprint density at radius 1 is 1.67 bits per heavy atom. The second-order valence-corrected chi connectivity index (χ2v) is 3.76. The molecule has 0 saturated heterocycles. The van der Waals surface area contributed by atoms with Gasteiger partial charge < -0.3 is 0 Å². The van der Waals surface area contributed by atoms with Crippen molar-refractivity contribution in [3.8, 4) is 0 Å². The van der Waals surface area contributed by atoms with Crippen LogP contribution in [0.3, 0.4) is 0 Å². The van der Waals surface area contributed by atoms with Gasteiger partial charge >= 0.3 is 0 Å². The highest BCUT2D eigenvalue weighted by Crippen LogP contribution is 2.22. The summed E-state index contributed by atoms with van der Waals surface area (Å²) >= 11 is 0. The third-order valence-electron chi connectivity index (χ3n) is 2.63. The van der Waals surface area contributed by atoms with Crippen LogP contribution in [0.25, 0.3) is 0 Å². The summed E-state index contributed by atoms with van der Waals surface area (Å²) in [7, 11) is 0. The summed E-state index contributed by atoms with van der Waals surface area (Å²) in [5.41, 5.74) is 6.39. The zero-order valence-corrected chi connectivity index (χ0v) is 9.46. The standard InChI is InChI=1S/C12H19N3/c1-4-9(2)7-12(15-13)11-5-6-14-8-10(11)3/h5-6,8,12,15H,2,4,7,13H2,1,3H3. The fraction of sp³-hybridized carbons (Fsp3) is 0.417. The van der Waals surface area contributed by atoms with Gasteiger partial charge in [-0.15, -0.1) is 0 Å². The number of pyridine rings is 1. The summed E-state index contributed by atoms with van der Waals surface area (Å²) in [4.78, 5) is 4.07. The van der Waals surface area contributed by atoms with Gasteiger partial charge in [0.2, 0.25) is 0 Å². The Balaban J connectivity index is 2.83. The molecule has 0 saturated carbocycles. The SMILES string of the molecule is C=C(CC)CC(NN)c1ccncc1C. The van der Waals surface area contributed by atoms with Crippen molar-refractivity contribution in [3.63, 3.8) is 0 Å². The third kappa shape index (κ3) is 3.15. The quantitative estimate of drug-likeness (QED) is 0.440.